The van der Waals surface area contributed by atoms with Gasteiger partial charge in [-0.25, -0.2) is 9.59 Å². The predicted octanol–water partition coefficient (Wildman–Crippen LogP) is 4.46. The van der Waals surface area contributed by atoms with E-state index in [4.69, 9.17) is 14.6 Å². The van der Waals surface area contributed by atoms with E-state index in [2.05, 4.69) is 28.1 Å². The molecule has 0 aromatic heterocycles. The van der Waals surface area contributed by atoms with Crippen molar-refractivity contribution in [3.63, 3.8) is 0 Å². The van der Waals surface area contributed by atoms with E-state index in [0.29, 0.717) is 38.6 Å². The first-order valence-corrected chi connectivity index (χ1v) is 15.8. The minimum absolute atomic E-state index is 0.0142. The molecule has 0 radical (unpaired) electrons. The molecule has 1 saturated carbocycles. The number of rotatable bonds is 15. The molecular weight excluding hydrogens is 596 g/mol. The van der Waals surface area contributed by atoms with Gasteiger partial charge in [-0.3, -0.25) is 19.7 Å². The third kappa shape index (κ3) is 9.41. The molecular formula is C33H42N4O9. The average molecular weight is 639 g/mol. The molecule has 248 valence electrons. The molecule has 0 saturated heterocycles. The molecule has 2 aromatic rings. The van der Waals surface area contributed by atoms with Crippen molar-refractivity contribution >= 4 is 24.1 Å². The number of nitro groups is 1. The van der Waals surface area contributed by atoms with E-state index >= 15 is 0 Å². The summed E-state index contributed by atoms with van der Waals surface area (Å²) in [5.74, 6) is -1.70. The van der Waals surface area contributed by atoms with Crippen LogP contribution in [-0.4, -0.2) is 72.5 Å². The molecule has 2 aliphatic rings. The SMILES string of the molecule is CC(OC(=O)NCCNC(=O)OCC1c2ccccc2-c2ccccc21)C1CC(CNC(=O)CCCCC(=O)O)CCC1[N+](=O)[O-]. The van der Waals surface area contributed by atoms with Gasteiger partial charge in [-0.05, 0) is 60.8 Å². The van der Waals surface area contributed by atoms with Crippen LogP contribution in [0.3, 0.4) is 0 Å². The molecule has 13 nitrogen and oxygen atoms in total. The number of alkyl carbamates (subject to hydrolysis) is 2. The number of aliphatic carboxylic acids is 1. The number of hydrogen-bond donors (Lipinski definition) is 4. The molecule has 2 aliphatic carbocycles. The van der Waals surface area contributed by atoms with E-state index in [1.54, 1.807) is 6.92 Å². The summed E-state index contributed by atoms with van der Waals surface area (Å²) in [5, 5.41) is 28.5. The Morgan fingerprint density at radius 1 is 0.913 bits per heavy atom. The van der Waals surface area contributed by atoms with Crippen molar-refractivity contribution in [2.75, 3.05) is 26.2 Å². The number of carboxylic acid groups (broad SMARTS) is 1. The van der Waals surface area contributed by atoms with Crippen LogP contribution in [0.1, 0.15) is 68.9 Å². The van der Waals surface area contributed by atoms with Crippen LogP contribution in [0.5, 0.6) is 0 Å². The Hall–Kier alpha value is -4.68. The standard InChI is InChI=1S/C33H42N4O9/c1-21(27-18-22(14-15-29(27)37(43)44)19-36-30(38)12-6-7-13-31(39)40)46-33(42)35-17-16-34-32(41)45-20-28-25-10-4-2-8-23(25)24-9-3-5-11-26(24)28/h2-5,8-11,21-22,27-29H,6-7,12-20H2,1H3,(H,34,41)(H,35,42)(H,36,38)(H,39,40). The number of benzene rings is 2. The Kier molecular flexibility index (Phi) is 12.3. The second-order valence-electron chi connectivity index (χ2n) is 11.9. The van der Waals surface area contributed by atoms with Crippen molar-refractivity contribution in [3.8, 4) is 11.1 Å². The monoisotopic (exact) mass is 638 g/mol. The van der Waals surface area contributed by atoms with E-state index < -0.39 is 36.2 Å². The van der Waals surface area contributed by atoms with Crippen LogP contribution in [0.25, 0.3) is 11.1 Å². The van der Waals surface area contributed by atoms with Crippen LogP contribution in [0.2, 0.25) is 0 Å². The van der Waals surface area contributed by atoms with Gasteiger partial charge < -0.3 is 30.5 Å². The van der Waals surface area contributed by atoms with E-state index in [0.717, 1.165) is 22.3 Å². The second kappa shape index (κ2) is 16.6. The van der Waals surface area contributed by atoms with Gasteiger partial charge in [-0.2, -0.15) is 0 Å². The summed E-state index contributed by atoms with van der Waals surface area (Å²) in [6, 6.07) is 15.2. The normalized spacial score (nSPS) is 19.2. The number of nitrogens with one attached hydrogen (secondary N) is 3. The average Bonchev–Trinajstić information content (AvgIpc) is 3.36. The molecule has 3 amide bonds. The fourth-order valence-corrected chi connectivity index (χ4v) is 6.42. The smallest absolute Gasteiger partial charge is 0.407 e. The van der Waals surface area contributed by atoms with Gasteiger partial charge in [0.1, 0.15) is 12.7 Å². The summed E-state index contributed by atoms with van der Waals surface area (Å²) in [6.45, 7) is 2.31. The van der Waals surface area contributed by atoms with Gasteiger partial charge in [-0.15, -0.1) is 0 Å². The Morgan fingerprint density at radius 2 is 1.52 bits per heavy atom. The molecule has 4 unspecified atom stereocenters. The summed E-state index contributed by atoms with van der Waals surface area (Å²) < 4.78 is 11.0. The molecule has 4 N–H and O–H groups in total. The highest BCUT2D eigenvalue weighted by Gasteiger charge is 2.42. The van der Waals surface area contributed by atoms with Crippen molar-refractivity contribution in [2.24, 2.45) is 11.8 Å². The van der Waals surface area contributed by atoms with Crippen molar-refractivity contribution in [2.45, 2.75) is 69.9 Å². The number of hydrogen-bond acceptors (Lipinski definition) is 8. The minimum atomic E-state index is -0.899. The van der Waals surface area contributed by atoms with Crippen molar-refractivity contribution in [3.05, 3.63) is 69.8 Å². The maximum Gasteiger partial charge on any atom is 0.407 e. The number of unbranched alkanes of at least 4 members (excludes halogenated alkanes) is 1. The zero-order valence-corrected chi connectivity index (χ0v) is 25.9. The topological polar surface area (TPSA) is 186 Å². The van der Waals surface area contributed by atoms with Crippen LogP contribution >= 0.6 is 0 Å². The summed E-state index contributed by atoms with van der Waals surface area (Å²) in [7, 11) is 0. The lowest BCUT2D eigenvalue weighted by Crippen LogP contribution is -2.45. The lowest BCUT2D eigenvalue weighted by Gasteiger charge is -2.34. The third-order valence-corrected chi connectivity index (χ3v) is 8.78. The molecule has 1 fully saturated rings. The van der Waals surface area contributed by atoms with E-state index in [-0.39, 0.29) is 55.2 Å². The van der Waals surface area contributed by atoms with Gasteiger partial charge in [0, 0.05) is 49.7 Å². The fourth-order valence-electron chi connectivity index (χ4n) is 6.42. The Morgan fingerprint density at radius 3 is 2.15 bits per heavy atom. The number of ether oxygens (including phenoxy) is 2. The molecule has 13 heteroatoms. The highest BCUT2D eigenvalue weighted by atomic mass is 16.6. The van der Waals surface area contributed by atoms with E-state index in [9.17, 15) is 29.3 Å². The van der Waals surface area contributed by atoms with Crippen LogP contribution in [0.4, 0.5) is 9.59 Å². The first-order chi connectivity index (χ1) is 22.1. The van der Waals surface area contributed by atoms with Gasteiger partial charge in [0.05, 0.1) is 5.92 Å². The van der Waals surface area contributed by atoms with Gasteiger partial charge in [0.2, 0.25) is 11.9 Å². The number of fused-ring (bicyclic) bond motifs is 3. The Bertz CT molecular complexity index is 1360. The number of amides is 3. The summed E-state index contributed by atoms with van der Waals surface area (Å²) in [4.78, 5) is 59.0. The maximum atomic E-state index is 12.5. The van der Waals surface area contributed by atoms with Crippen LogP contribution in [0, 0.1) is 22.0 Å². The van der Waals surface area contributed by atoms with Gasteiger partial charge in [-0.1, -0.05) is 48.5 Å². The minimum Gasteiger partial charge on any atom is -0.481 e. The highest BCUT2D eigenvalue weighted by molar-refractivity contribution is 5.79. The zero-order chi connectivity index (χ0) is 33.1. The molecule has 0 spiro atoms. The first-order valence-electron chi connectivity index (χ1n) is 15.8. The highest BCUT2D eigenvalue weighted by Crippen LogP contribution is 2.44. The molecule has 0 aliphatic heterocycles. The van der Waals surface area contributed by atoms with Gasteiger partial charge in [0.25, 0.3) is 0 Å². The number of nitrogens with zero attached hydrogens (tertiary/aromatic N) is 1. The quantitative estimate of drug-likeness (QED) is 0.124. The molecule has 2 aromatic carbocycles. The molecule has 4 atom stereocenters. The number of carbonyl (C=O) groups excluding carboxylic acids is 3. The maximum absolute atomic E-state index is 12.5. The van der Waals surface area contributed by atoms with Gasteiger partial charge in [0.15, 0.2) is 0 Å². The molecule has 0 heterocycles. The Labute approximate surface area is 267 Å². The van der Waals surface area contributed by atoms with Crippen LogP contribution < -0.4 is 16.0 Å². The van der Waals surface area contributed by atoms with E-state index in [1.807, 2.05) is 36.4 Å². The van der Waals surface area contributed by atoms with Crippen molar-refractivity contribution < 1.29 is 38.7 Å². The zero-order valence-electron chi connectivity index (χ0n) is 25.9. The van der Waals surface area contributed by atoms with E-state index in [1.165, 1.54) is 0 Å². The van der Waals surface area contributed by atoms with Crippen LogP contribution in [0.15, 0.2) is 48.5 Å². The summed E-state index contributed by atoms with van der Waals surface area (Å²) in [6.07, 6.45) is 0.274. The molecule has 4 rings (SSSR count). The lowest BCUT2D eigenvalue weighted by molar-refractivity contribution is -0.538. The first kappa shape index (κ1) is 34.2. The second-order valence-corrected chi connectivity index (χ2v) is 11.9. The molecule has 46 heavy (non-hydrogen) atoms. The van der Waals surface area contributed by atoms with Crippen molar-refractivity contribution in [1.82, 2.24) is 16.0 Å². The number of carboxylic acids is 1. The number of carbonyl (C=O) groups is 4. The predicted molar refractivity (Wildman–Crippen MR) is 168 cm³/mol. The summed E-state index contributed by atoms with van der Waals surface area (Å²) in [5.41, 5.74) is 4.47. The van der Waals surface area contributed by atoms with Gasteiger partial charge >= 0.3 is 18.2 Å². The lowest BCUT2D eigenvalue weighted by atomic mass is 9.75. The third-order valence-electron chi connectivity index (χ3n) is 8.78. The van der Waals surface area contributed by atoms with Crippen molar-refractivity contribution in [1.29, 1.82) is 0 Å². The summed E-state index contributed by atoms with van der Waals surface area (Å²) >= 11 is 0. The molecule has 0 bridgehead atoms. The fraction of sp³-hybridized carbons (Fsp3) is 0.515. The van der Waals surface area contributed by atoms with Crippen LogP contribution in [-0.2, 0) is 19.1 Å². The Balaban J connectivity index is 1.15. The largest absolute Gasteiger partial charge is 0.481 e.